The standard InChI is InChI=1S/C29H20F3N7O2/c1-18-24(16-34)26(20-12-10-19(15-33)11-13-20)39-28(38(18)22-7-5-6-21(14-22)29(30,31)32)36-27(37-39)35-25(40)17-41-23-8-3-2-4-9-23/h2-14,26H,17H2,1H3,(H,35,37,40)/t26-/m1/s1. The molecule has 1 amide bonds. The number of fused-ring (bicyclic) bond motifs is 1. The average Bonchev–Trinajstić information content (AvgIpc) is 3.38. The Balaban J connectivity index is 1.57. The number of carbonyl (C=O) groups excluding carboxylic acids is 1. The molecule has 1 aliphatic heterocycles. The summed E-state index contributed by atoms with van der Waals surface area (Å²) in [5.74, 6) is -0.143. The van der Waals surface area contributed by atoms with Gasteiger partial charge in [0.2, 0.25) is 5.95 Å². The summed E-state index contributed by atoms with van der Waals surface area (Å²) in [6.45, 7) is 1.25. The molecule has 9 nitrogen and oxygen atoms in total. The first-order valence-electron chi connectivity index (χ1n) is 12.2. The van der Waals surface area contributed by atoms with Crippen LogP contribution in [0.15, 0.2) is 90.1 Å². The van der Waals surface area contributed by atoms with Gasteiger partial charge >= 0.3 is 6.18 Å². The third-order valence-electron chi connectivity index (χ3n) is 6.33. The number of hydrogen-bond acceptors (Lipinski definition) is 7. The number of aromatic nitrogens is 3. The molecule has 41 heavy (non-hydrogen) atoms. The third-order valence-corrected chi connectivity index (χ3v) is 6.33. The number of halogens is 3. The van der Waals surface area contributed by atoms with E-state index >= 15 is 0 Å². The molecule has 0 saturated carbocycles. The number of carbonyl (C=O) groups is 1. The zero-order chi connectivity index (χ0) is 29.1. The van der Waals surface area contributed by atoms with Gasteiger partial charge in [-0.25, -0.2) is 4.68 Å². The molecular formula is C29H20F3N7O2. The van der Waals surface area contributed by atoms with E-state index in [9.17, 15) is 28.5 Å². The summed E-state index contributed by atoms with van der Waals surface area (Å²) < 4.78 is 47.5. The first-order chi connectivity index (χ1) is 19.7. The van der Waals surface area contributed by atoms with Crippen LogP contribution in [0.3, 0.4) is 0 Å². The second-order valence-corrected chi connectivity index (χ2v) is 8.96. The van der Waals surface area contributed by atoms with Crippen molar-refractivity contribution in [2.24, 2.45) is 0 Å². The molecule has 1 N–H and O–H groups in total. The van der Waals surface area contributed by atoms with Crippen molar-refractivity contribution in [2.45, 2.75) is 19.1 Å². The van der Waals surface area contributed by atoms with Gasteiger partial charge in [0.05, 0.1) is 28.8 Å². The molecule has 0 spiro atoms. The van der Waals surface area contributed by atoms with E-state index in [1.165, 1.54) is 21.7 Å². The lowest BCUT2D eigenvalue weighted by Crippen LogP contribution is -2.31. The Bertz CT molecular complexity index is 1720. The number of nitriles is 2. The fourth-order valence-electron chi connectivity index (χ4n) is 4.43. The number of nitrogens with one attached hydrogen (secondary N) is 1. The molecule has 12 heteroatoms. The van der Waals surface area contributed by atoms with Crippen molar-refractivity contribution in [2.75, 3.05) is 16.8 Å². The number of amides is 1. The minimum atomic E-state index is -4.60. The lowest BCUT2D eigenvalue weighted by molar-refractivity contribution is -0.137. The number of alkyl halides is 3. The smallest absolute Gasteiger partial charge is 0.416 e. The number of hydrogen-bond donors (Lipinski definition) is 1. The molecule has 0 unspecified atom stereocenters. The number of rotatable bonds is 6. The van der Waals surface area contributed by atoms with E-state index < -0.39 is 23.7 Å². The summed E-state index contributed by atoms with van der Waals surface area (Å²) in [5.41, 5.74) is 0.719. The van der Waals surface area contributed by atoms with Crippen molar-refractivity contribution in [3.05, 3.63) is 107 Å². The number of nitrogens with zero attached hydrogens (tertiary/aromatic N) is 6. The SMILES string of the molecule is CC1=C(C#N)[C@@H](c2ccc(C#N)cc2)n2nc(NC(=O)COc3ccccc3)nc2N1c1cccc(C(F)(F)F)c1. The highest BCUT2D eigenvalue weighted by molar-refractivity contribution is 5.90. The van der Waals surface area contributed by atoms with Gasteiger partial charge in [-0.05, 0) is 55.0 Å². The van der Waals surface area contributed by atoms with Crippen LogP contribution < -0.4 is 15.0 Å². The average molecular weight is 556 g/mol. The maximum Gasteiger partial charge on any atom is 0.416 e. The summed E-state index contributed by atoms with van der Waals surface area (Å²) >= 11 is 0. The molecule has 204 valence electrons. The molecule has 1 aliphatic rings. The van der Waals surface area contributed by atoms with E-state index in [4.69, 9.17) is 4.74 Å². The summed E-state index contributed by atoms with van der Waals surface area (Å²) in [7, 11) is 0. The van der Waals surface area contributed by atoms with Crippen LogP contribution in [0.4, 0.5) is 30.8 Å². The van der Waals surface area contributed by atoms with Crippen molar-refractivity contribution >= 4 is 23.5 Å². The van der Waals surface area contributed by atoms with E-state index in [1.807, 2.05) is 6.07 Å². The van der Waals surface area contributed by atoms with Crippen molar-refractivity contribution in [3.63, 3.8) is 0 Å². The normalized spacial score (nSPS) is 14.6. The van der Waals surface area contributed by atoms with Gasteiger partial charge in [0, 0.05) is 11.4 Å². The van der Waals surface area contributed by atoms with Gasteiger partial charge in [-0.2, -0.15) is 28.7 Å². The fourth-order valence-corrected chi connectivity index (χ4v) is 4.43. The van der Waals surface area contributed by atoms with Gasteiger partial charge < -0.3 is 4.74 Å². The van der Waals surface area contributed by atoms with Crippen LogP contribution in [0.2, 0.25) is 0 Å². The largest absolute Gasteiger partial charge is 0.484 e. The fraction of sp³-hybridized carbons (Fsp3) is 0.138. The highest BCUT2D eigenvalue weighted by Gasteiger charge is 2.37. The van der Waals surface area contributed by atoms with Gasteiger partial charge in [-0.3, -0.25) is 15.0 Å². The van der Waals surface area contributed by atoms with Crippen LogP contribution in [0, 0.1) is 22.7 Å². The number of ether oxygens (including phenoxy) is 1. The van der Waals surface area contributed by atoms with Gasteiger partial charge in [-0.15, -0.1) is 5.10 Å². The highest BCUT2D eigenvalue weighted by atomic mass is 19.4. The number of benzene rings is 3. The van der Waals surface area contributed by atoms with Crippen LogP contribution in [-0.4, -0.2) is 27.3 Å². The van der Waals surface area contributed by atoms with Crippen molar-refractivity contribution < 1.29 is 22.7 Å². The zero-order valence-corrected chi connectivity index (χ0v) is 21.4. The van der Waals surface area contributed by atoms with E-state index in [1.54, 1.807) is 61.5 Å². The predicted octanol–water partition coefficient (Wildman–Crippen LogP) is 5.72. The van der Waals surface area contributed by atoms with Crippen LogP contribution in [-0.2, 0) is 11.0 Å². The molecule has 2 heterocycles. The van der Waals surface area contributed by atoms with E-state index in [0.717, 1.165) is 12.1 Å². The van der Waals surface area contributed by atoms with Gasteiger partial charge in [-0.1, -0.05) is 36.4 Å². The van der Waals surface area contributed by atoms with Crippen molar-refractivity contribution in [3.8, 4) is 17.9 Å². The second kappa shape index (κ2) is 10.9. The molecule has 0 aliphatic carbocycles. The maximum atomic E-state index is 13.6. The Kier molecular flexibility index (Phi) is 7.15. The van der Waals surface area contributed by atoms with Gasteiger partial charge in [0.25, 0.3) is 11.9 Å². The topological polar surface area (TPSA) is 120 Å². The molecule has 0 bridgehead atoms. The van der Waals surface area contributed by atoms with Crippen LogP contribution in [0.25, 0.3) is 0 Å². The Morgan fingerprint density at radius 1 is 1.02 bits per heavy atom. The summed E-state index contributed by atoms with van der Waals surface area (Å²) in [5, 5.41) is 26.4. The van der Waals surface area contributed by atoms with Gasteiger partial charge in [0.15, 0.2) is 6.61 Å². The lowest BCUT2D eigenvalue weighted by Gasteiger charge is -2.34. The first kappa shape index (κ1) is 27.0. The molecular weight excluding hydrogens is 535 g/mol. The molecule has 0 fully saturated rings. The highest BCUT2D eigenvalue weighted by Crippen LogP contribution is 2.43. The molecule has 0 saturated heterocycles. The number of para-hydroxylation sites is 1. The minimum absolute atomic E-state index is 0.0782. The summed E-state index contributed by atoms with van der Waals surface area (Å²) in [6, 6.07) is 23.1. The van der Waals surface area contributed by atoms with Crippen LogP contribution >= 0.6 is 0 Å². The maximum absolute atomic E-state index is 13.6. The first-order valence-corrected chi connectivity index (χ1v) is 12.2. The quantitative estimate of drug-likeness (QED) is 0.323. The molecule has 1 aromatic heterocycles. The molecule has 0 radical (unpaired) electrons. The molecule has 1 atom stereocenters. The number of allylic oxidation sites excluding steroid dienone is 2. The Hall–Kier alpha value is -5.62. The van der Waals surface area contributed by atoms with E-state index in [0.29, 0.717) is 22.6 Å². The number of anilines is 3. The Morgan fingerprint density at radius 2 is 1.76 bits per heavy atom. The monoisotopic (exact) mass is 555 g/mol. The predicted molar refractivity (Wildman–Crippen MR) is 142 cm³/mol. The second-order valence-electron chi connectivity index (χ2n) is 8.96. The Morgan fingerprint density at radius 3 is 2.41 bits per heavy atom. The lowest BCUT2D eigenvalue weighted by atomic mass is 9.95. The van der Waals surface area contributed by atoms with Crippen LogP contribution in [0.5, 0.6) is 5.75 Å². The van der Waals surface area contributed by atoms with Crippen LogP contribution in [0.1, 0.15) is 29.7 Å². The van der Waals surface area contributed by atoms with Crippen molar-refractivity contribution in [1.29, 1.82) is 10.5 Å². The van der Waals surface area contributed by atoms with E-state index in [2.05, 4.69) is 21.5 Å². The Labute approximate surface area is 232 Å². The summed E-state index contributed by atoms with van der Waals surface area (Å²) in [4.78, 5) is 18.5. The van der Waals surface area contributed by atoms with E-state index in [-0.39, 0.29) is 29.8 Å². The summed E-state index contributed by atoms with van der Waals surface area (Å²) in [6.07, 6.45) is -4.60. The van der Waals surface area contributed by atoms with Crippen molar-refractivity contribution in [1.82, 2.24) is 14.8 Å². The molecule has 4 aromatic rings. The molecule has 3 aromatic carbocycles. The zero-order valence-electron chi connectivity index (χ0n) is 21.4. The van der Waals surface area contributed by atoms with Gasteiger partial charge in [0.1, 0.15) is 11.8 Å². The third kappa shape index (κ3) is 5.44. The molecule has 5 rings (SSSR count). The minimum Gasteiger partial charge on any atom is -0.484 e.